The van der Waals surface area contributed by atoms with Crippen LogP contribution in [0, 0.1) is 5.92 Å². The molecule has 2 unspecified atom stereocenters. The van der Waals surface area contributed by atoms with Gasteiger partial charge in [-0.3, -0.25) is 4.90 Å². The quantitative estimate of drug-likeness (QED) is 0.866. The molecule has 0 amide bonds. The second-order valence-corrected chi connectivity index (χ2v) is 5.62. The van der Waals surface area contributed by atoms with Gasteiger partial charge in [0.1, 0.15) is 0 Å². The Morgan fingerprint density at radius 1 is 1.67 bits per heavy atom. The first-order chi connectivity index (χ1) is 7.20. The minimum atomic E-state index is 0.309. The van der Waals surface area contributed by atoms with E-state index in [0.29, 0.717) is 18.6 Å². The van der Waals surface area contributed by atoms with Crippen LogP contribution in [0.25, 0.3) is 0 Å². The predicted octanol–water partition coefficient (Wildman–Crippen LogP) is 2.78. The number of likely N-dealkylation sites (tertiary alicyclic amines) is 1. The number of halogens is 1. The Morgan fingerprint density at radius 3 is 3.07 bits per heavy atom. The fourth-order valence-corrected chi connectivity index (χ4v) is 3.42. The van der Waals surface area contributed by atoms with Crippen molar-refractivity contribution < 1.29 is 5.11 Å². The monoisotopic (exact) mass is 245 g/mol. The van der Waals surface area contributed by atoms with Gasteiger partial charge in [-0.2, -0.15) is 0 Å². The van der Waals surface area contributed by atoms with Crippen molar-refractivity contribution in [3.8, 4) is 0 Å². The molecule has 0 aromatic carbocycles. The highest BCUT2D eigenvalue weighted by molar-refractivity contribution is 7.10. The summed E-state index contributed by atoms with van der Waals surface area (Å²) < 4.78 is 0. The van der Waals surface area contributed by atoms with Crippen molar-refractivity contribution in [2.45, 2.75) is 18.9 Å². The lowest BCUT2D eigenvalue weighted by atomic mass is 9.91. The number of hydrogen-bond donors (Lipinski definition) is 1. The maximum atomic E-state index is 9.21. The first-order valence-corrected chi connectivity index (χ1v) is 6.51. The first kappa shape index (κ1) is 11.4. The summed E-state index contributed by atoms with van der Waals surface area (Å²) in [6.45, 7) is 1.37. The predicted molar refractivity (Wildman–Crippen MR) is 64.5 cm³/mol. The minimum Gasteiger partial charge on any atom is -0.396 e. The minimum absolute atomic E-state index is 0.309. The van der Waals surface area contributed by atoms with E-state index in [1.54, 1.807) is 11.3 Å². The Hall–Kier alpha value is -0.0900. The van der Waals surface area contributed by atoms with Gasteiger partial charge in [-0.1, -0.05) is 11.6 Å². The molecular weight excluding hydrogens is 230 g/mol. The van der Waals surface area contributed by atoms with Gasteiger partial charge in [-0.05, 0) is 38.4 Å². The molecule has 15 heavy (non-hydrogen) atoms. The zero-order chi connectivity index (χ0) is 10.8. The Kier molecular flexibility index (Phi) is 3.67. The van der Waals surface area contributed by atoms with E-state index in [0.717, 1.165) is 24.4 Å². The fourth-order valence-electron chi connectivity index (χ4n) is 2.16. The summed E-state index contributed by atoms with van der Waals surface area (Å²) in [5.74, 6) is 0.451. The van der Waals surface area contributed by atoms with E-state index in [9.17, 15) is 5.11 Å². The SMILES string of the molecule is CN1CCC(CO)CC1c1cc(Cl)cs1. The number of aliphatic hydroxyl groups excluding tert-OH is 1. The van der Waals surface area contributed by atoms with Gasteiger partial charge in [0.05, 0.1) is 5.02 Å². The molecule has 4 heteroatoms. The third-order valence-corrected chi connectivity index (χ3v) is 4.53. The smallest absolute Gasteiger partial charge is 0.0516 e. The molecule has 84 valence electrons. The second-order valence-electron chi connectivity index (χ2n) is 4.24. The summed E-state index contributed by atoms with van der Waals surface area (Å²) in [5.41, 5.74) is 0. The van der Waals surface area contributed by atoms with Crippen LogP contribution in [0.5, 0.6) is 0 Å². The van der Waals surface area contributed by atoms with Crippen LogP contribution >= 0.6 is 22.9 Å². The van der Waals surface area contributed by atoms with E-state index >= 15 is 0 Å². The van der Waals surface area contributed by atoms with E-state index in [2.05, 4.69) is 11.9 Å². The van der Waals surface area contributed by atoms with Crippen LogP contribution in [-0.4, -0.2) is 30.2 Å². The zero-order valence-electron chi connectivity index (χ0n) is 8.82. The van der Waals surface area contributed by atoms with E-state index in [1.165, 1.54) is 4.88 Å². The molecule has 0 spiro atoms. The van der Waals surface area contributed by atoms with Gasteiger partial charge in [-0.25, -0.2) is 0 Å². The van der Waals surface area contributed by atoms with Gasteiger partial charge in [0, 0.05) is 22.9 Å². The van der Waals surface area contributed by atoms with Crippen molar-refractivity contribution in [1.29, 1.82) is 0 Å². The van der Waals surface area contributed by atoms with E-state index < -0.39 is 0 Å². The van der Waals surface area contributed by atoms with E-state index in [4.69, 9.17) is 11.6 Å². The third kappa shape index (κ3) is 2.53. The molecule has 2 heterocycles. The summed E-state index contributed by atoms with van der Waals surface area (Å²) in [7, 11) is 2.14. The first-order valence-electron chi connectivity index (χ1n) is 5.25. The highest BCUT2D eigenvalue weighted by Gasteiger charge is 2.27. The van der Waals surface area contributed by atoms with Gasteiger partial charge >= 0.3 is 0 Å². The van der Waals surface area contributed by atoms with Gasteiger partial charge in [0.15, 0.2) is 0 Å². The Bertz CT molecular complexity index is 328. The standard InChI is InChI=1S/C11H16ClNOS/c1-13-3-2-8(6-14)4-10(13)11-5-9(12)7-15-11/h5,7-8,10,14H,2-4,6H2,1H3. The molecule has 1 aromatic heterocycles. The number of aliphatic hydroxyl groups is 1. The number of nitrogens with zero attached hydrogens (tertiary/aromatic N) is 1. The van der Waals surface area contributed by atoms with Crippen LogP contribution in [-0.2, 0) is 0 Å². The van der Waals surface area contributed by atoms with Crippen molar-refractivity contribution in [1.82, 2.24) is 4.90 Å². The summed E-state index contributed by atoms with van der Waals surface area (Å²) in [6, 6.07) is 2.49. The summed E-state index contributed by atoms with van der Waals surface area (Å²) in [5, 5.41) is 12.0. The Labute approximate surface area is 99.5 Å². The molecule has 0 bridgehead atoms. The van der Waals surface area contributed by atoms with Crippen molar-refractivity contribution >= 4 is 22.9 Å². The number of rotatable bonds is 2. The molecule has 1 saturated heterocycles. The lowest BCUT2D eigenvalue weighted by molar-refractivity contribution is 0.102. The molecular formula is C11H16ClNOS. The summed E-state index contributed by atoms with van der Waals surface area (Å²) in [6.07, 6.45) is 2.15. The van der Waals surface area contributed by atoms with Crippen LogP contribution in [0.3, 0.4) is 0 Å². The largest absolute Gasteiger partial charge is 0.396 e. The van der Waals surface area contributed by atoms with Crippen molar-refractivity contribution in [3.63, 3.8) is 0 Å². The third-order valence-electron chi connectivity index (χ3n) is 3.15. The molecule has 1 aliphatic rings. The number of piperidine rings is 1. The lowest BCUT2D eigenvalue weighted by Crippen LogP contribution is -2.34. The lowest BCUT2D eigenvalue weighted by Gasteiger charge is -2.35. The molecule has 2 atom stereocenters. The fraction of sp³-hybridized carbons (Fsp3) is 0.636. The average Bonchev–Trinajstić information content (AvgIpc) is 2.65. The molecule has 0 aliphatic carbocycles. The molecule has 1 N–H and O–H groups in total. The Balaban J connectivity index is 2.12. The van der Waals surface area contributed by atoms with Crippen LogP contribution in [0.2, 0.25) is 5.02 Å². The average molecular weight is 246 g/mol. The van der Waals surface area contributed by atoms with Gasteiger partial charge in [0.2, 0.25) is 0 Å². The van der Waals surface area contributed by atoms with Gasteiger partial charge in [-0.15, -0.1) is 11.3 Å². The van der Waals surface area contributed by atoms with Crippen molar-refractivity contribution in [2.75, 3.05) is 20.2 Å². The normalized spacial score (nSPS) is 28.2. The molecule has 2 nitrogen and oxygen atoms in total. The van der Waals surface area contributed by atoms with Crippen LogP contribution < -0.4 is 0 Å². The Morgan fingerprint density at radius 2 is 2.47 bits per heavy atom. The highest BCUT2D eigenvalue weighted by atomic mass is 35.5. The maximum absolute atomic E-state index is 9.21. The van der Waals surface area contributed by atoms with Gasteiger partial charge in [0.25, 0.3) is 0 Å². The number of hydrogen-bond acceptors (Lipinski definition) is 3. The van der Waals surface area contributed by atoms with Gasteiger partial charge < -0.3 is 5.11 Å². The molecule has 0 radical (unpaired) electrons. The van der Waals surface area contributed by atoms with Crippen LogP contribution in [0.4, 0.5) is 0 Å². The second kappa shape index (κ2) is 4.83. The highest BCUT2D eigenvalue weighted by Crippen LogP contribution is 2.36. The molecule has 2 rings (SSSR count). The maximum Gasteiger partial charge on any atom is 0.0516 e. The summed E-state index contributed by atoms with van der Waals surface area (Å²) in [4.78, 5) is 3.68. The molecule has 1 aromatic rings. The van der Waals surface area contributed by atoms with Crippen LogP contribution in [0.1, 0.15) is 23.8 Å². The van der Waals surface area contributed by atoms with Crippen molar-refractivity contribution in [2.24, 2.45) is 5.92 Å². The molecule has 1 fully saturated rings. The van der Waals surface area contributed by atoms with Crippen molar-refractivity contribution in [3.05, 3.63) is 21.3 Å². The number of thiophene rings is 1. The molecule has 0 saturated carbocycles. The van der Waals surface area contributed by atoms with Crippen LogP contribution in [0.15, 0.2) is 11.4 Å². The summed E-state index contributed by atoms with van der Waals surface area (Å²) >= 11 is 7.66. The molecule has 1 aliphatic heterocycles. The topological polar surface area (TPSA) is 23.5 Å². The van der Waals surface area contributed by atoms with E-state index in [-0.39, 0.29) is 0 Å². The zero-order valence-corrected chi connectivity index (χ0v) is 10.4. The van der Waals surface area contributed by atoms with E-state index in [1.807, 2.05) is 11.4 Å².